The lowest BCUT2D eigenvalue weighted by molar-refractivity contribution is 0.204. The number of hydrogen-bond donors (Lipinski definition) is 1. The number of ether oxygens (including phenoxy) is 2. The van der Waals surface area contributed by atoms with Crippen LogP contribution >= 0.6 is 15.9 Å². The van der Waals surface area contributed by atoms with Crippen LogP contribution in [0.1, 0.15) is 0 Å². The fraction of sp³-hybridized carbons (Fsp3) is 0.400. The highest BCUT2D eigenvalue weighted by Gasteiger charge is 2.15. The van der Waals surface area contributed by atoms with Gasteiger partial charge in [-0.25, -0.2) is 13.1 Å². The monoisotopic (exact) mass is 323 g/mol. The van der Waals surface area contributed by atoms with Crippen molar-refractivity contribution in [1.29, 1.82) is 0 Å². The largest absolute Gasteiger partial charge is 0.496 e. The summed E-state index contributed by atoms with van der Waals surface area (Å²) in [6.07, 6.45) is 0. The summed E-state index contributed by atoms with van der Waals surface area (Å²) in [6, 6.07) is 4.59. The smallest absolute Gasteiger partial charge is 0.240 e. The maximum absolute atomic E-state index is 11.8. The van der Waals surface area contributed by atoms with Gasteiger partial charge in [0.1, 0.15) is 5.75 Å². The Balaban J connectivity index is 2.91. The summed E-state index contributed by atoms with van der Waals surface area (Å²) < 4.78 is 36.6. The second-order valence-corrected chi connectivity index (χ2v) is 5.81. The van der Waals surface area contributed by atoms with Gasteiger partial charge in [-0.1, -0.05) is 0 Å². The fourth-order valence-electron chi connectivity index (χ4n) is 1.17. The predicted molar refractivity (Wildman–Crippen MR) is 67.8 cm³/mol. The molecular formula is C10H14BrNO4S. The van der Waals surface area contributed by atoms with Gasteiger partial charge in [0.05, 0.1) is 23.1 Å². The number of halogens is 1. The number of sulfonamides is 1. The lowest BCUT2D eigenvalue weighted by Gasteiger charge is -2.08. The molecule has 1 N–H and O–H groups in total. The number of rotatable bonds is 6. The van der Waals surface area contributed by atoms with Crippen molar-refractivity contribution in [3.8, 4) is 5.75 Å². The molecule has 96 valence electrons. The maximum Gasteiger partial charge on any atom is 0.240 e. The van der Waals surface area contributed by atoms with Crippen LogP contribution in [0.4, 0.5) is 0 Å². The highest BCUT2D eigenvalue weighted by Crippen LogP contribution is 2.27. The second kappa shape index (κ2) is 6.34. The van der Waals surface area contributed by atoms with Gasteiger partial charge in [0, 0.05) is 19.7 Å². The van der Waals surface area contributed by atoms with Crippen LogP contribution in [0, 0.1) is 0 Å². The molecule has 7 heteroatoms. The van der Waals surface area contributed by atoms with Crippen LogP contribution in [0.5, 0.6) is 5.75 Å². The van der Waals surface area contributed by atoms with Crippen molar-refractivity contribution in [3.05, 3.63) is 22.7 Å². The summed E-state index contributed by atoms with van der Waals surface area (Å²) in [5.41, 5.74) is 0. The Morgan fingerprint density at radius 1 is 1.35 bits per heavy atom. The SMILES string of the molecule is COCCNS(=O)(=O)c1ccc(Br)c(OC)c1. The van der Waals surface area contributed by atoms with Crippen molar-refractivity contribution in [3.63, 3.8) is 0 Å². The van der Waals surface area contributed by atoms with E-state index < -0.39 is 10.0 Å². The van der Waals surface area contributed by atoms with E-state index in [1.54, 1.807) is 6.07 Å². The molecule has 0 amide bonds. The molecule has 0 atom stereocenters. The van der Waals surface area contributed by atoms with Gasteiger partial charge in [-0.15, -0.1) is 0 Å². The minimum Gasteiger partial charge on any atom is -0.496 e. The van der Waals surface area contributed by atoms with E-state index in [0.29, 0.717) is 16.8 Å². The van der Waals surface area contributed by atoms with Crippen LogP contribution in [0.3, 0.4) is 0 Å². The molecule has 0 aliphatic carbocycles. The second-order valence-electron chi connectivity index (χ2n) is 3.19. The lowest BCUT2D eigenvalue weighted by Crippen LogP contribution is -2.27. The van der Waals surface area contributed by atoms with E-state index in [0.717, 1.165) is 0 Å². The number of methoxy groups -OCH3 is 2. The van der Waals surface area contributed by atoms with E-state index in [9.17, 15) is 8.42 Å². The zero-order chi connectivity index (χ0) is 12.9. The standard InChI is InChI=1S/C10H14BrNO4S/c1-15-6-5-12-17(13,14)8-3-4-9(11)10(7-8)16-2/h3-4,7,12H,5-6H2,1-2H3. The number of benzene rings is 1. The van der Waals surface area contributed by atoms with E-state index in [-0.39, 0.29) is 11.4 Å². The Kier molecular flexibility index (Phi) is 5.38. The van der Waals surface area contributed by atoms with Gasteiger partial charge in [-0.3, -0.25) is 0 Å². The van der Waals surface area contributed by atoms with Gasteiger partial charge >= 0.3 is 0 Å². The molecule has 0 heterocycles. The zero-order valence-corrected chi connectivity index (χ0v) is 12.0. The maximum atomic E-state index is 11.8. The van der Waals surface area contributed by atoms with E-state index in [4.69, 9.17) is 9.47 Å². The molecule has 0 aliphatic rings. The van der Waals surface area contributed by atoms with Crippen molar-refractivity contribution in [2.45, 2.75) is 4.90 Å². The summed E-state index contributed by atoms with van der Waals surface area (Å²) >= 11 is 3.26. The molecule has 0 spiro atoms. The Labute approximate surface area is 109 Å². The summed E-state index contributed by atoms with van der Waals surface area (Å²) in [4.78, 5) is 0.161. The average Bonchev–Trinajstić information content (AvgIpc) is 2.29. The van der Waals surface area contributed by atoms with Crippen LogP contribution in [-0.2, 0) is 14.8 Å². The molecular weight excluding hydrogens is 310 g/mol. The lowest BCUT2D eigenvalue weighted by atomic mass is 10.3. The Bertz CT molecular complexity index is 475. The molecule has 0 bridgehead atoms. The molecule has 0 fully saturated rings. The molecule has 1 aromatic carbocycles. The molecule has 0 saturated carbocycles. The molecule has 0 aliphatic heterocycles. The molecule has 1 rings (SSSR count). The van der Waals surface area contributed by atoms with Gasteiger partial charge in [0.2, 0.25) is 10.0 Å². The first-order valence-electron chi connectivity index (χ1n) is 4.83. The highest BCUT2D eigenvalue weighted by atomic mass is 79.9. The predicted octanol–water partition coefficient (Wildman–Crippen LogP) is 1.38. The van der Waals surface area contributed by atoms with Crippen LogP contribution in [-0.4, -0.2) is 35.8 Å². The van der Waals surface area contributed by atoms with E-state index >= 15 is 0 Å². The summed E-state index contributed by atoms with van der Waals surface area (Å²) in [5.74, 6) is 0.472. The first-order chi connectivity index (χ1) is 8.01. The van der Waals surface area contributed by atoms with E-state index in [1.807, 2.05) is 0 Å². The summed E-state index contributed by atoms with van der Waals surface area (Å²) in [7, 11) is -0.521. The Hall–Kier alpha value is -0.630. The molecule has 0 aromatic heterocycles. The minimum absolute atomic E-state index is 0.161. The van der Waals surface area contributed by atoms with Gasteiger partial charge in [-0.2, -0.15) is 0 Å². The third-order valence-electron chi connectivity index (χ3n) is 2.03. The third-order valence-corrected chi connectivity index (χ3v) is 4.14. The van der Waals surface area contributed by atoms with Crippen molar-refractivity contribution >= 4 is 26.0 Å². The van der Waals surface area contributed by atoms with Crippen molar-refractivity contribution in [1.82, 2.24) is 4.72 Å². The van der Waals surface area contributed by atoms with Crippen molar-refractivity contribution in [2.75, 3.05) is 27.4 Å². The first-order valence-corrected chi connectivity index (χ1v) is 7.11. The molecule has 0 radical (unpaired) electrons. The number of nitrogens with one attached hydrogen (secondary N) is 1. The van der Waals surface area contributed by atoms with Crippen molar-refractivity contribution in [2.24, 2.45) is 0 Å². The molecule has 0 unspecified atom stereocenters. The van der Waals surface area contributed by atoms with Gasteiger partial charge in [-0.05, 0) is 28.1 Å². The summed E-state index contributed by atoms with van der Waals surface area (Å²) in [6.45, 7) is 0.560. The van der Waals surface area contributed by atoms with Crippen molar-refractivity contribution < 1.29 is 17.9 Å². The molecule has 17 heavy (non-hydrogen) atoms. The minimum atomic E-state index is -3.51. The van der Waals surface area contributed by atoms with Crippen LogP contribution < -0.4 is 9.46 Å². The summed E-state index contributed by atoms with van der Waals surface area (Å²) in [5, 5.41) is 0. The van der Waals surface area contributed by atoms with Crippen LogP contribution in [0.15, 0.2) is 27.6 Å². The normalized spacial score (nSPS) is 11.5. The van der Waals surface area contributed by atoms with Crippen LogP contribution in [0.2, 0.25) is 0 Å². The number of hydrogen-bond acceptors (Lipinski definition) is 4. The third kappa shape index (κ3) is 3.95. The van der Waals surface area contributed by atoms with Crippen LogP contribution in [0.25, 0.3) is 0 Å². The Morgan fingerprint density at radius 2 is 2.06 bits per heavy atom. The molecule has 5 nitrogen and oxygen atoms in total. The fourth-order valence-corrected chi connectivity index (χ4v) is 2.61. The first kappa shape index (κ1) is 14.4. The molecule has 1 aromatic rings. The topological polar surface area (TPSA) is 64.6 Å². The highest BCUT2D eigenvalue weighted by molar-refractivity contribution is 9.10. The van der Waals surface area contributed by atoms with E-state index in [1.165, 1.54) is 26.4 Å². The van der Waals surface area contributed by atoms with Gasteiger partial charge in [0.25, 0.3) is 0 Å². The van der Waals surface area contributed by atoms with Gasteiger partial charge < -0.3 is 9.47 Å². The van der Waals surface area contributed by atoms with E-state index in [2.05, 4.69) is 20.7 Å². The van der Waals surface area contributed by atoms with Gasteiger partial charge in [0.15, 0.2) is 0 Å². The Morgan fingerprint density at radius 3 is 2.65 bits per heavy atom. The quantitative estimate of drug-likeness (QED) is 0.803. The molecule has 0 saturated heterocycles. The average molecular weight is 324 g/mol. The zero-order valence-electron chi connectivity index (χ0n) is 9.57.